The normalized spacial score (nSPS) is 16.5. The summed E-state index contributed by atoms with van der Waals surface area (Å²) < 4.78 is 7.06. The minimum atomic E-state index is -2.38. The summed E-state index contributed by atoms with van der Waals surface area (Å²) in [4.78, 5) is 0. The molecule has 1 fully saturated rings. The van der Waals surface area contributed by atoms with Crippen LogP contribution < -0.4 is 10.4 Å². The first kappa shape index (κ1) is 19.8. The van der Waals surface area contributed by atoms with Crippen molar-refractivity contribution in [3.63, 3.8) is 0 Å². The third kappa shape index (κ3) is 4.32. The molecule has 0 heterocycles. The molecule has 1 aliphatic carbocycles. The van der Waals surface area contributed by atoms with Crippen LogP contribution in [0.25, 0.3) is 0 Å². The summed E-state index contributed by atoms with van der Waals surface area (Å²) in [7, 11) is -2.38. The van der Waals surface area contributed by atoms with Gasteiger partial charge in [-0.15, -0.1) is 0 Å². The maximum Gasteiger partial charge on any atom is 0.261 e. The molecule has 0 radical (unpaired) electrons. The minimum Gasteiger partial charge on any atom is -0.407 e. The molecule has 1 saturated carbocycles. The fourth-order valence-electron chi connectivity index (χ4n) is 4.00. The molecule has 26 heavy (non-hydrogen) atoms. The molecular formula is C23H31BrOSi. The van der Waals surface area contributed by atoms with Crippen LogP contribution in [-0.4, -0.2) is 20.3 Å². The Balaban J connectivity index is 1.99. The lowest BCUT2D eigenvalue weighted by Crippen LogP contribution is -2.67. The van der Waals surface area contributed by atoms with Gasteiger partial charge in [-0.25, -0.2) is 0 Å². The highest BCUT2D eigenvalue weighted by Crippen LogP contribution is 2.39. The van der Waals surface area contributed by atoms with Crippen molar-refractivity contribution in [3.8, 4) is 0 Å². The standard InChI is InChI=1S/C23H31BrOSi/c1-23(2,3)26(21-10-6-4-7-11-21,22-12-8-5-9-13-22)25-18-20(17-24)16-19-14-15-19/h4-13,19-20H,14-18H2,1-3H3. The average molecular weight is 431 g/mol. The highest BCUT2D eigenvalue weighted by Gasteiger charge is 2.50. The van der Waals surface area contributed by atoms with Gasteiger partial charge < -0.3 is 4.43 Å². The highest BCUT2D eigenvalue weighted by atomic mass is 79.9. The zero-order chi connectivity index (χ0) is 18.6. The molecule has 2 aromatic rings. The van der Waals surface area contributed by atoms with Gasteiger partial charge in [0.1, 0.15) is 0 Å². The smallest absolute Gasteiger partial charge is 0.261 e. The van der Waals surface area contributed by atoms with Crippen LogP contribution in [0, 0.1) is 11.8 Å². The third-order valence-electron chi connectivity index (χ3n) is 5.53. The van der Waals surface area contributed by atoms with E-state index < -0.39 is 8.32 Å². The van der Waals surface area contributed by atoms with E-state index in [0.29, 0.717) is 5.92 Å². The fourth-order valence-corrected chi connectivity index (χ4v) is 9.10. The van der Waals surface area contributed by atoms with Crippen LogP contribution in [-0.2, 0) is 4.43 Å². The molecular weight excluding hydrogens is 400 g/mol. The summed E-state index contributed by atoms with van der Waals surface area (Å²) >= 11 is 3.74. The Kier molecular flexibility index (Phi) is 6.42. The largest absolute Gasteiger partial charge is 0.407 e. The Morgan fingerprint density at radius 1 is 0.962 bits per heavy atom. The van der Waals surface area contributed by atoms with E-state index in [-0.39, 0.29) is 5.04 Å². The second kappa shape index (κ2) is 8.41. The van der Waals surface area contributed by atoms with Gasteiger partial charge in [-0.2, -0.15) is 0 Å². The van der Waals surface area contributed by atoms with Gasteiger partial charge in [0.05, 0.1) is 0 Å². The Labute approximate surface area is 168 Å². The zero-order valence-electron chi connectivity index (χ0n) is 16.2. The van der Waals surface area contributed by atoms with E-state index in [0.717, 1.165) is 17.9 Å². The van der Waals surface area contributed by atoms with Crippen LogP contribution in [0.5, 0.6) is 0 Å². The van der Waals surface area contributed by atoms with Gasteiger partial charge in [-0.1, -0.05) is 110 Å². The molecule has 1 unspecified atom stereocenters. The number of hydrogen-bond acceptors (Lipinski definition) is 1. The van der Waals surface area contributed by atoms with E-state index in [1.807, 2.05) is 0 Å². The fraction of sp³-hybridized carbons (Fsp3) is 0.478. The Morgan fingerprint density at radius 3 is 1.85 bits per heavy atom. The third-order valence-corrected chi connectivity index (χ3v) is 11.5. The van der Waals surface area contributed by atoms with Crippen molar-refractivity contribution in [2.75, 3.05) is 11.9 Å². The molecule has 2 aromatic carbocycles. The van der Waals surface area contributed by atoms with E-state index in [1.54, 1.807) is 0 Å². The van der Waals surface area contributed by atoms with Gasteiger partial charge in [-0.05, 0) is 33.7 Å². The van der Waals surface area contributed by atoms with Crippen LogP contribution in [0.3, 0.4) is 0 Å². The lowest BCUT2D eigenvalue weighted by atomic mass is 10.1. The second-order valence-corrected chi connectivity index (χ2v) is 13.6. The van der Waals surface area contributed by atoms with Crippen molar-refractivity contribution in [2.24, 2.45) is 11.8 Å². The van der Waals surface area contributed by atoms with E-state index in [1.165, 1.54) is 29.6 Å². The molecule has 0 spiro atoms. The number of halogens is 1. The summed E-state index contributed by atoms with van der Waals surface area (Å²) in [6, 6.07) is 21.9. The first-order valence-electron chi connectivity index (χ1n) is 9.78. The van der Waals surface area contributed by atoms with Gasteiger partial charge >= 0.3 is 0 Å². The van der Waals surface area contributed by atoms with E-state index in [4.69, 9.17) is 4.43 Å². The number of benzene rings is 2. The van der Waals surface area contributed by atoms with Gasteiger partial charge in [0.15, 0.2) is 0 Å². The quantitative estimate of drug-likeness (QED) is 0.403. The number of hydrogen-bond donors (Lipinski definition) is 0. The molecule has 1 nitrogen and oxygen atoms in total. The highest BCUT2D eigenvalue weighted by molar-refractivity contribution is 9.09. The van der Waals surface area contributed by atoms with Crippen molar-refractivity contribution < 1.29 is 4.43 Å². The Hall–Kier alpha value is -0.903. The van der Waals surface area contributed by atoms with Crippen LogP contribution in [0.1, 0.15) is 40.0 Å². The van der Waals surface area contributed by atoms with Crippen LogP contribution in [0.2, 0.25) is 5.04 Å². The molecule has 3 rings (SSSR count). The predicted molar refractivity (Wildman–Crippen MR) is 118 cm³/mol. The minimum absolute atomic E-state index is 0.0617. The van der Waals surface area contributed by atoms with E-state index in [9.17, 15) is 0 Å². The second-order valence-electron chi connectivity index (χ2n) is 8.67. The van der Waals surface area contributed by atoms with Crippen molar-refractivity contribution in [1.82, 2.24) is 0 Å². The first-order chi connectivity index (χ1) is 12.5. The first-order valence-corrected chi connectivity index (χ1v) is 12.8. The topological polar surface area (TPSA) is 9.23 Å². The molecule has 140 valence electrons. The summed E-state index contributed by atoms with van der Waals surface area (Å²) in [6.07, 6.45) is 4.11. The van der Waals surface area contributed by atoms with Crippen molar-refractivity contribution in [3.05, 3.63) is 60.7 Å². The number of rotatable bonds is 8. The summed E-state index contributed by atoms with van der Waals surface area (Å²) in [5.41, 5.74) is 0. The molecule has 0 N–H and O–H groups in total. The van der Waals surface area contributed by atoms with Crippen molar-refractivity contribution >= 4 is 34.6 Å². The van der Waals surface area contributed by atoms with Gasteiger partial charge in [0, 0.05) is 11.9 Å². The maximum atomic E-state index is 7.06. The van der Waals surface area contributed by atoms with Gasteiger partial charge in [0.2, 0.25) is 0 Å². The molecule has 0 aromatic heterocycles. The van der Waals surface area contributed by atoms with E-state index >= 15 is 0 Å². The monoisotopic (exact) mass is 430 g/mol. The zero-order valence-corrected chi connectivity index (χ0v) is 18.8. The van der Waals surface area contributed by atoms with Gasteiger partial charge in [-0.3, -0.25) is 0 Å². The Bertz CT molecular complexity index is 637. The summed E-state index contributed by atoms with van der Waals surface area (Å²) in [5.74, 6) is 1.53. The molecule has 0 amide bonds. The maximum absolute atomic E-state index is 7.06. The number of alkyl halides is 1. The molecule has 1 aliphatic rings. The van der Waals surface area contributed by atoms with Gasteiger partial charge in [0.25, 0.3) is 8.32 Å². The summed E-state index contributed by atoms with van der Waals surface area (Å²) in [5, 5.41) is 3.84. The van der Waals surface area contributed by atoms with Crippen LogP contribution >= 0.6 is 15.9 Å². The van der Waals surface area contributed by atoms with Crippen LogP contribution in [0.4, 0.5) is 0 Å². The average Bonchev–Trinajstić information content (AvgIpc) is 3.46. The predicted octanol–water partition coefficient (Wildman–Crippen LogP) is 5.37. The van der Waals surface area contributed by atoms with Crippen molar-refractivity contribution in [2.45, 2.75) is 45.1 Å². The Morgan fingerprint density at radius 2 is 1.46 bits per heavy atom. The SMILES string of the molecule is CC(C)(C)[Si](OCC(CBr)CC1CC1)(c1ccccc1)c1ccccc1. The lowest BCUT2D eigenvalue weighted by molar-refractivity contribution is 0.237. The molecule has 3 heteroatoms. The lowest BCUT2D eigenvalue weighted by Gasteiger charge is -2.43. The molecule has 1 atom stereocenters. The van der Waals surface area contributed by atoms with Crippen molar-refractivity contribution in [1.29, 1.82) is 0 Å². The summed E-state index contributed by atoms with van der Waals surface area (Å²) in [6.45, 7) is 7.89. The van der Waals surface area contributed by atoms with E-state index in [2.05, 4.69) is 97.4 Å². The molecule has 0 aliphatic heterocycles. The molecule has 0 saturated heterocycles. The van der Waals surface area contributed by atoms with Crippen LogP contribution in [0.15, 0.2) is 60.7 Å². The molecule has 0 bridgehead atoms.